The molecule has 3 aromatic carbocycles. The number of nitrogens with one attached hydrogen (secondary N) is 1. The van der Waals surface area contributed by atoms with E-state index in [1.54, 1.807) is 49.4 Å². The Labute approximate surface area is 203 Å². The molecule has 35 heavy (non-hydrogen) atoms. The number of halogens is 1. The van der Waals surface area contributed by atoms with E-state index >= 15 is 0 Å². The smallest absolute Gasteiger partial charge is 0.278 e. The maximum Gasteiger partial charge on any atom is 0.278 e. The van der Waals surface area contributed by atoms with E-state index in [1.807, 2.05) is 36.4 Å². The van der Waals surface area contributed by atoms with Crippen LogP contribution in [0.25, 0.3) is 6.08 Å². The Morgan fingerprint density at radius 3 is 2.49 bits per heavy atom. The lowest BCUT2D eigenvalue weighted by Gasteiger charge is -2.10. The van der Waals surface area contributed by atoms with Crippen molar-refractivity contribution in [2.24, 2.45) is 10.3 Å². The van der Waals surface area contributed by atoms with Crippen molar-refractivity contribution in [1.82, 2.24) is 5.32 Å². The van der Waals surface area contributed by atoms with Gasteiger partial charge in [0.2, 0.25) is 0 Å². The highest BCUT2D eigenvalue weighted by molar-refractivity contribution is 6.45. The summed E-state index contributed by atoms with van der Waals surface area (Å²) in [6.07, 6.45) is 1.31. The summed E-state index contributed by atoms with van der Waals surface area (Å²) in [6, 6.07) is 22.4. The molecule has 1 amide bonds. The molecule has 0 unspecified atom stereocenters. The van der Waals surface area contributed by atoms with Gasteiger partial charge in [-0.1, -0.05) is 77.0 Å². The topological polar surface area (TPSA) is 81.5 Å². The van der Waals surface area contributed by atoms with Crippen LogP contribution in [0.5, 0.6) is 5.75 Å². The predicted octanol–water partition coefficient (Wildman–Crippen LogP) is 5.07. The minimum atomic E-state index is -0.722. The molecule has 3 aromatic rings. The summed E-state index contributed by atoms with van der Waals surface area (Å²) < 4.78 is 19.6. The van der Waals surface area contributed by atoms with E-state index in [1.165, 1.54) is 20.2 Å². The number of amides is 1. The Bertz CT molecular complexity index is 1240. The van der Waals surface area contributed by atoms with Crippen LogP contribution in [0.15, 0.2) is 95.2 Å². The summed E-state index contributed by atoms with van der Waals surface area (Å²) >= 11 is 0. The molecular weight excluding hydrogens is 449 g/mol. The van der Waals surface area contributed by atoms with E-state index < -0.39 is 6.01 Å². The molecular formula is C27H26FN3O4. The summed E-state index contributed by atoms with van der Waals surface area (Å²) in [4.78, 5) is 22.6. The Morgan fingerprint density at radius 2 is 1.74 bits per heavy atom. The van der Waals surface area contributed by atoms with Gasteiger partial charge in [0.15, 0.2) is 5.71 Å². The van der Waals surface area contributed by atoms with Gasteiger partial charge in [-0.05, 0) is 24.6 Å². The van der Waals surface area contributed by atoms with Gasteiger partial charge in [0, 0.05) is 29.8 Å². The van der Waals surface area contributed by atoms with E-state index in [0.29, 0.717) is 33.7 Å². The minimum Gasteiger partial charge on any atom is -0.432 e. The van der Waals surface area contributed by atoms with Gasteiger partial charge >= 0.3 is 0 Å². The molecule has 0 bridgehead atoms. The van der Waals surface area contributed by atoms with Crippen LogP contribution in [0, 0.1) is 0 Å². The van der Waals surface area contributed by atoms with Crippen molar-refractivity contribution in [1.29, 1.82) is 0 Å². The lowest BCUT2D eigenvalue weighted by atomic mass is 10.0. The Hall–Kier alpha value is -4.46. The number of hydrogen-bond acceptors (Lipinski definition) is 6. The molecule has 0 aliphatic rings. The zero-order chi connectivity index (χ0) is 25.0. The average Bonchev–Trinajstić information content (AvgIpc) is 2.88. The van der Waals surface area contributed by atoms with E-state index in [4.69, 9.17) is 14.4 Å². The Morgan fingerprint density at radius 1 is 1.00 bits per heavy atom. The zero-order valence-corrected chi connectivity index (χ0v) is 19.7. The molecule has 0 radical (unpaired) electrons. The number of nitrogens with zero attached hydrogens (tertiary/aromatic N) is 2. The van der Waals surface area contributed by atoms with Gasteiger partial charge in [0.25, 0.3) is 11.9 Å². The van der Waals surface area contributed by atoms with Gasteiger partial charge in [-0.2, -0.15) is 4.39 Å². The summed E-state index contributed by atoms with van der Waals surface area (Å²) in [6.45, 7) is 1.86. The molecule has 0 aliphatic heterocycles. The number of rotatable bonds is 10. The summed E-state index contributed by atoms with van der Waals surface area (Å²) in [5.74, 6) is -0.0533. The Kier molecular flexibility index (Phi) is 9.13. The van der Waals surface area contributed by atoms with E-state index in [0.717, 1.165) is 0 Å². The van der Waals surface area contributed by atoms with Crippen molar-refractivity contribution in [2.45, 2.75) is 13.5 Å². The van der Waals surface area contributed by atoms with Crippen molar-refractivity contribution in [3.63, 3.8) is 0 Å². The minimum absolute atomic E-state index is 0.0951. The van der Waals surface area contributed by atoms with Crippen LogP contribution in [0.2, 0.25) is 0 Å². The highest BCUT2D eigenvalue weighted by Crippen LogP contribution is 2.19. The number of oxime groups is 2. The summed E-state index contributed by atoms with van der Waals surface area (Å²) in [7, 11) is 2.89. The average molecular weight is 476 g/mol. The number of hydrogen-bond donors (Lipinski definition) is 1. The lowest BCUT2D eigenvalue weighted by Crippen LogP contribution is -2.29. The molecule has 0 atom stereocenters. The molecule has 7 nitrogen and oxygen atoms in total. The molecule has 180 valence electrons. The summed E-state index contributed by atoms with van der Waals surface area (Å²) in [5.41, 5.74) is 3.37. The second-order valence-electron chi connectivity index (χ2n) is 7.30. The fraction of sp³-hybridized carbons (Fsp3) is 0.148. The zero-order valence-electron chi connectivity index (χ0n) is 19.7. The number of likely N-dealkylation sites (N-methyl/N-ethyl adjacent to an activating group) is 1. The van der Waals surface area contributed by atoms with Crippen molar-refractivity contribution >= 4 is 23.4 Å². The first-order valence-corrected chi connectivity index (χ1v) is 10.8. The second-order valence-corrected chi connectivity index (χ2v) is 7.30. The van der Waals surface area contributed by atoms with Crippen LogP contribution < -0.4 is 10.1 Å². The quantitative estimate of drug-likeness (QED) is 0.252. The third-order valence-corrected chi connectivity index (χ3v) is 4.87. The number of carbonyl (C=O) groups is 1. The molecule has 0 saturated carbocycles. The van der Waals surface area contributed by atoms with Gasteiger partial charge in [0.1, 0.15) is 19.5 Å². The monoisotopic (exact) mass is 475 g/mol. The summed E-state index contributed by atoms with van der Waals surface area (Å²) in [5, 5.41) is 10.6. The maximum atomic E-state index is 14.3. The largest absolute Gasteiger partial charge is 0.432 e. The van der Waals surface area contributed by atoms with Crippen molar-refractivity contribution in [3.8, 4) is 5.75 Å². The first-order valence-electron chi connectivity index (χ1n) is 10.8. The van der Waals surface area contributed by atoms with Crippen molar-refractivity contribution in [3.05, 3.63) is 107 Å². The second kappa shape index (κ2) is 12.7. The number of benzene rings is 3. The molecule has 0 aliphatic carbocycles. The molecule has 3 rings (SSSR count). The molecule has 0 spiro atoms. The maximum absolute atomic E-state index is 14.3. The molecule has 0 heterocycles. The van der Waals surface area contributed by atoms with Gasteiger partial charge in [0.05, 0.1) is 5.71 Å². The van der Waals surface area contributed by atoms with E-state index in [-0.39, 0.29) is 18.2 Å². The SMILES string of the molecule is CNC(=O)C(=NOC)c1ccccc1CON=C(C)c1cccc(OC(F)=Cc2ccccc2)c1. The third kappa shape index (κ3) is 7.26. The van der Waals surface area contributed by atoms with Crippen LogP contribution in [0.4, 0.5) is 4.39 Å². The highest BCUT2D eigenvalue weighted by Gasteiger charge is 2.17. The fourth-order valence-electron chi connectivity index (χ4n) is 3.16. The van der Waals surface area contributed by atoms with Gasteiger partial charge in [-0.25, -0.2) is 0 Å². The molecule has 1 N–H and O–H groups in total. The van der Waals surface area contributed by atoms with Crippen LogP contribution >= 0.6 is 0 Å². The van der Waals surface area contributed by atoms with Crippen molar-refractivity contribution < 1.29 is 23.6 Å². The van der Waals surface area contributed by atoms with Crippen LogP contribution in [-0.2, 0) is 21.1 Å². The predicted molar refractivity (Wildman–Crippen MR) is 134 cm³/mol. The molecule has 0 fully saturated rings. The van der Waals surface area contributed by atoms with Crippen LogP contribution in [0.1, 0.15) is 29.2 Å². The first kappa shape index (κ1) is 25.2. The standard InChI is InChI=1S/C27H26FN3O4/c1-19(21-13-9-14-23(17-21)35-25(28)16-20-10-5-4-6-11-20)30-34-18-22-12-7-8-15-24(22)26(31-33-3)27(32)29-2/h4-17H,18H2,1-3H3,(H,29,32). The first-order chi connectivity index (χ1) is 17.0. The van der Waals surface area contributed by atoms with Crippen molar-refractivity contribution in [2.75, 3.05) is 14.2 Å². The van der Waals surface area contributed by atoms with Gasteiger partial charge in [-0.3, -0.25) is 4.79 Å². The van der Waals surface area contributed by atoms with Gasteiger partial charge < -0.3 is 19.7 Å². The Balaban J connectivity index is 1.70. The van der Waals surface area contributed by atoms with Crippen LogP contribution in [-0.4, -0.2) is 31.5 Å². The fourth-order valence-corrected chi connectivity index (χ4v) is 3.16. The molecule has 8 heteroatoms. The van der Waals surface area contributed by atoms with Gasteiger partial charge in [-0.15, -0.1) is 0 Å². The lowest BCUT2D eigenvalue weighted by molar-refractivity contribution is -0.114. The van der Waals surface area contributed by atoms with Crippen LogP contribution in [0.3, 0.4) is 0 Å². The normalized spacial score (nSPS) is 12.2. The number of carbonyl (C=O) groups excluding carboxylic acids is 1. The number of ether oxygens (including phenoxy) is 1. The van der Waals surface area contributed by atoms with E-state index in [2.05, 4.69) is 15.6 Å². The third-order valence-electron chi connectivity index (χ3n) is 4.87. The molecule has 0 saturated heterocycles. The van der Waals surface area contributed by atoms with E-state index in [9.17, 15) is 9.18 Å². The molecule has 0 aromatic heterocycles. The highest BCUT2D eigenvalue weighted by atomic mass is 19.1.